The van der Waals surface area contributed by atoms with Gasteiger partial charge in [-0.2, -0.15) is 0 Å². The molecule has 1 aliphatic heterocycles. The Morgan fingerprint density at radius 3 is 2.43 bits per heavy atom. The maximum atomic E-state index is 12.6. The summed E-state index contributed by atoms with van der Waals surface area (Å²) in [6.45, 7) is 9.61. The van der Waals surface area contributed by atoms with Crippen LogP contribution in [0, 0.1) is 0 Å². The van der Waals surface area contributed by atoms with Crippen LogP contribution in [0.4, 0.5) is 4.79 Å². The number of esters is 1. The van der Waals surface area contributed by atoms with Crippen molar-refractivity contribution in [2.75, 3.05) is 13.2 Å². The molecule has 0 N–H and O–H groups in total. The summed E-state index contributed by atoms with van der Waals surface area (Å²) in [5, 5.41) is -0.492. The molecule has 1 aromatic rings. The molecule has 0 bridgehead atoms. The zero-order valence-electron chi connectivity index (χ0n) is 18.1. The number of carbonyl (C=O) groups excluding carboxylic acids is 3. The molecule has 0 aliphatic carbocycles. The summed E-state index contributed by atoms with van der Waals surface area (Å²) in [6, 6.07) is 5.36. The average molecular weight is 436 g/mol. The fourth-order valence-electron chi connectivity index (χ4n) is 2.54. The van der Waals surface area contributed by atoms with Crippen LogP contribution in [0.15, 0.2) is 23.1 Å². The molecule has 1 fully saturated rings. The van der Waals surface area contributed by atoms with Gasteiger partial charge in [-0.1, -0.05) is 19.9 Å². The van der Waals surface area contributed by atoms with Crippen LogP contribution in [0.5, 0.6) is 11.5 Å². The van der Waals surface area contributed by atoms with E-state index in [1.54, 1.807) is 31.2 Å². The van der Waals surface area contributed by atoms with Gasteiger partial charge in [-0.05, 0) is 69.1 Å². The maximum Gasteiger partial charge on any atom is 0.326 e. The Labute approximate surface area is 181 Å². The third-order valence-corrected chi connectivity index (χ3v) is 5.44. The van der Waals surface area contributed by atoms with Crippen LogP contribution in [-0.2, 0) is 14.3 Å². The first-order valence-electron chi connectivity index (χ1n) is 10.2. The Morgan fingerprint density at radius 2 is 1.80 bits per heavy atom. The van der Waals surface area contributed by atoms with Crippen molar-refractivity contribution in [2.45, 2.75) is 59.7 Å². The summed E-state index contributed by atoms with van der Waals surface area (Å²) in [4.78, 5) is 38.0. The average Bonchev–Trinajstić information content (AvgIpc) is 2.97. The van der Waals surface area contributed by atoms with Gasteiger partial charge < -0.3 is 14.2 Å². The molecule has 0 aromatic heterocycles. The van der Waals surface area contributed by atoms with Gasteiger partial charge in [0, 0.05) is 0 Å². The van der Waals surface area contributed by atoms with Crippen LogP contribution >= 0.6 is 11.8 Å². The van der Waals surface area contributed by atoms with Crippen LogP contribution in [0.2, 0.25) is 0 Å². The third-order valence-electron chi connectivity index (χ3n) is 4.54. The fraction of sp³-hybridized carbons (Fsp3) is 0.500. The van der Waals surface area contributed by atoms with Gasteiger partial charge in [0.1, 0.15) is 6.54 Å². The van der Waals surface area contributed by atoms with Crippen LogP contribution in [0.1, 0.15) is 53.0 Å². The molecule has 8 heteroatoms. The van der Waals surface area contributed by atoms with E-state index in [9.17, 15) is 14.4 Å². The minimum absolute atomic E-state index is 0.0433. The first-order chi connectivity index (χ1) is 14.3. The number of ether oxygens (including phenoxy) is 3. The van der Waals surface area contributed by atoms with E-state index in [4.69, 9.17) is 14.2 Å². The Morgan fingerprint density at radius 1 is 1.10 bits per heavy atom. The molecule has 164 valence electrons. The SMILES string of the molecule is CCOc1cc(/C=C2/SC(=O)N(CC(=O)O[C@@H](C)CC)C2=O)ccc1O[C@@H](C)CC. The Bertz CT molecular complexity index is 822. The highest BCUT2D eigenvalue weighted by atomic mass is 32.2. The van der Waals surface area contributed by atoms with E-state index in [1.807, 2.05) is 27.7 Å². The summed E-state index contributed by atoms with van der Waals surface area (Å²) in [7, 11) is 0. The smallest absolute Gasteiger partial charge is 0.326 e. The molecule has 1 aliphatic rings. The fourth-order valence-corrected chi connectivity index (χ4v) is 3.38. The number of amides is 2. The summed E-state index contributed by atoms with van der Waals surface area (Å²) in [5.74, 6) is 0.0919. The van der Waals surface area contributed by atoms with Gasteiger partial charge in [0.05, 0.1) is 23.7 Å². The van der Waals surface area contributed by atoms with E-state index in [-0.39, 0.29) is 17.1 Å². The molecule has 7 nitrogen and oxygen atoms in total. The topological polar surface area (TPSA) is 82.1 Å². The maximum absolute atomic E-state index is 12.6. The Hall–Kier alpha value is -2.48. The molecule has 1 heterocycles. The van der Waals surface area contributed by atoms with E-state index < -0.39 is 23.7 Å². The van der Waals surface area contributed by atoms with Crippen molar-refractivity contribution in [3.8, 4) is 11.5 Å². The predicted octanol–water partition coefficient (Wildman–Crippen LogP) is 4.64. The van der Waals surface area contributed by atoms with Crippen molar-refractivity contribution in [3.05, 3.63) is 28.7 Å². The lowest BCUT2D eigenvalue weighted by Gasteiger charge is -2.16. The summed E-state index contributed by atoms with van der Waals surface area (Å²) in [5.41, 5.74) is 0.697. The monoisotopic (exact) mass is 435 g/mol. The number of rotatable bonds is 10. The second-order valence-electron chi connectivity index (χ2n) is 6.95. The van der Waals surface area contributed by atoms with Gasteiger partial charge >= 0.3 is 5.97 Å². The number of thioether (sulfide) groups is 1. The van der Waals surface area contributed by atoms with Crippen molar-refractivity contribution >= 4 is 35.0 Å². The van der Waals surface area contributed by atoms with E-state index in [0.717, 1.165) is 23.1 Å². The molecule has 1 aromatic carbocycles. The predicted molar refractivity (Wildman–Crippen MR) is 117 cm³/mol. The van der Waals surface area contributed by atoms with E-state index in [1.165, 1.54) is 0 Å². The molecule has 2 amide bonds. The van der Waals surface area contributed by atoms with Crippen LogP contribution in [-0.4, -0.2) is 47.4 Å². The van der Waals surface area contributed by atoms with Gasteiger partial charge in [-0.15, -0.1) is 0 Å². The number of imide groups is 1. The quantitative estimate of drug-likeness (QED) is 0.391. The zero-order valence-corrected chi connectivity index (χ0v) is 18.9. The molecule has 1 saturated heterocycles. The Kier molecular flexibility index (Phi) is 8.77. The number of carbonyl (C=O) groups is 3. The van der Waals surface area contributed by atoms with Crippen molar-refractivity contribution in [1.29, 1.82) is 0 Å². The van der Waals surface area contributed by atoms with Crippen LogP contribution in [0.25, 0.3) is 6.08 Å². The lowest BCUT2D eigenvalue weighted by Crippen LogP contribution is -2.35. The highest BCUT2D eigenvalue weighted by Crippen LogP contribution is 2.35. The summed E-state index contributed by atoms with van der Waals surface area (Å²) >= 11 is 0.800. The molecule has 2 rings (SSSR count). The number of hydrogen-bond acceptors (Lipinski definition) is 7. The molecule has 30 heavy (non-hydrogen) atoms. The Balaban J connectivity index is 2.18. The molecule has 0 radical (unpaired) electrons. The van der Waals surface area contributed by atoms with Gasteiger partial charge in [0.2, 0.25) is 0 Å². The van der Waals surface area contributed by atoms with Crippen LogP contribution < -0.4 is 9.47 Å². The first kappa shape index (κ1) is 23.8. The lowest BCUT2D eigenvalue weighted by molar-refractivity contribution is -0.150. The van der Waals surface area contributed by atoms with Gasteiger partial charge in [-0.3, -0.25) is 19.3 Å². The summed E-state index contributed by atoms with van der Waals surface area (Å²) in [6.07, 6.45) is 2.91. The van der Waals surface area contributed by atoms with Gasteiger partial charge in [0.15, 0.2) is 11.5 Å². The first-order valence-corrected chi connectivity index (χ1v) is 11.0. The van der Waals surface area contributed by atoms with E-state index in [2.05, 4.69) is 0 Å². The largest absolute Gasteiger partial charge is 0.490 e. The molecule has 0 saturated carbocycles. The highest BCUT2D eigenvalue weighted by molar-refractivity contribution is 8.18. The molecule has 0 spiro atoms. The van der Waals surface area contributed by atoms with Crippen LogP contribution in [0.3, 0.4) is 0 Å². The minimum atomic E-state index is -0.599. The molecular weight excluding hydrogens is 406 g/mol. The van der Waals surface area contributed by atoms with Crippen molar-refractivity contribution in [1.82, 2.24) is 4.90 Å². The van der Waals surface area contributed by atoms with Crippen molar-refractivity contribution < 1.29 is 28.6 Å². The number of nitrogens with zero attached hydrogens (tertiary/aromatic N) is 1. The number of hydrogen-bond donors (Lipinski definition) is 0. The minimum Gasteiger partial charge on any atom is -0.490 e. The molecule has 2 atom stereocenters. The van der Waals surface area contributed by atoms with Gasteiger partial charge in [0.25, 0.3) is 11.1 Å². The highest BCUT2D eigenvalue weighted by Gasteiger charge is 2.36. The normalized spacial score (nSPS) is 17.2. The zero-order chi connectivity index (χ0) is 22.3. The third kappa shape index (κ3) is 6.26. The molecular formula is C22H29NO6S. The van der Waals surface area contributed by atoms with Crippen molar-refractivity contribution in [3.63, 3.8) is 0 Å². The summed E-state index contributed by atoms with van der Waals surface area (Å²) < 4.78 is 16.7. The lowest BCUT2D eigenvalue weighted by atomic mass is 10.1. The van der Waals surface area contributed by atoms with Crippen molar-refractivity contribution in [2.24, 2.45) is 0 Å². The van der Waals surface area contributed by atoms with E-state index >= 15 is 0 Å². The second-order valence-corrected chi connectivity index (χ2v) is 7.95. The second kappa shape index (κ2) is 11.1. The molecule has 0 unspecified atom stereocenters. The standard InChI is InChI=1S/C22H29NO6S/c1-6-14(4)28-17-10-9-16(11-18(17)27-8-3)12-19-21(25)23(22(26)30-19)13-20(24)29-15(5)7-2/h9-12,14-15H,6-8,13H2,1-5H3/b19-12+/t14-,15-/m0/s1. The van der Waals surface area contributed by atoms with E-state index in [0.29, 0.717) is 30.1 Å². The number of benzene rings is 1. The van der Waals surface area contributed by atoms with Gasteiger partial charge in [-0.25, -0.2) is 0 Å².